The third-order valence-electron chi connectivity index (χ3n) is 3.31. The average molecular weight is 210 g/mol. The Morgan fingerprint density at radius 1 is 0.812 bits per heavy atom. The van der Waals surface area contributed by atoms with E-state index in [1.165, 1.54) is 27.5 Å². The van der Waals surface area contributed by atoms with Gasteiger partial charge in [0.1, 0.15) is 11.2 Å². The molecular formula is C15H14O. The Morgan fingerprint density at radius 2 is 1.56 bits per heavy atom. The Kier molecular flexibility index (Phi) is 1.84. The van der Waals surface area contributed by atoms with Crippen molar-refractivity contribution >= 4 is 21.9 Å². The van der Waals surface area contributed by atoms with Gasteiger partial charge in [0, 0.05) is 10.8 Å². The molecule has 0 radical (unpaired) electrons. The van der Waals surface area contributed by atoms with Gasteiger partial charge >= 0.3 is 0 Å². The van der Waals surface area contributed by atoms with Gasteiger partial charge in [-0.2, -0.15) is 0 Å². The van der Waals surface area contributed by atoms with E-state index in [-0.39, 0.29) is 0 Å². The van der Waals surface area contributed by atoms with Crippen LogP contribution >= 0.6 is 0 Å². The number of furan rings is 1. The third-order valence-corrected chi connectivity index (χ3v) is 3.31. The first-order valence-electron chi connectivity index (χ1n) is 5.56. The smallest absolute Gasteiger partial charge is 0.138 e. The minimum Gasteiger partial charge on any atom is -0.456 e. The van der Waals surface area contributed by atoms with Crippen LogP contribution < -0.4 is 0 Å². The fourth-order valence-electron chi connectivity index (χ4n) is 2.19. The molecule has 0 amide bonds. The zero-order chi connectivity index (χ0) is 11.3. The quantitative estimate of drug-likeness (QED) is 0.532. The van der Waals surface area contributed by atoms with Crippen molar-refractivity contribution in [1.29, 1.82) is 0 Å². The second kappa shape index (κ2) is 3.11. The number of benzene rings is 2. The molecule has 0 spiro atoms. The minimum atomic E-state index is 0.993. The Hall–Kier alpha value is -1.76. The van der Waals surface area contributed by atoms with Crippen molar-refractivity contribution < 1.29 is 4.42 Å². The van der Waals surface area contributed by atoms with E-state index in [4.69, 9.17) is 4.42 Å². The molecule has 0 fully saturated rings. The van der Waals surface area contributed by atoms with Crippen LogP contribution in [0.5, 0.6) is 0 Å². The van der Waals surface area contributed by atoms with Gasteiger partial charge in [-0.3, -0.25) is 0 Å². The fourth-order valence-corrected chi connectivity index (χ4v) is 2.19. The normalized spacial score (nSPS) is 11.4. The molecule has 0 aliphatic rings. The predicted molar refractivity (Wildman–Crippen MR) is 67.9 cm³/mol. The molecule has 0 aliphatic heterocycles. The summed E-state index contributed by atoms with van der Waals surface area (Å²) in [6.45, 7) is 6.35. The van der Waals surface area contributed by atoms with Crippen LogP contribution in [0.2, 0.25) is 0 Å². The SMILES string of the molecule is Cc1cc2oc3c(C)cccc3c2cc1C. The topological polar surface area (TPSA) is 13.1 Å². The number of hydrogen-bond donors (Lipinski definition) is 0. The molecular weight excluding hydrogens is 196 g/mol. The van der Waals surface area contributed by atoms with E-state index < -0.39 is 0 Å². The minimum absolute atomic E-state index is 0.993. The Morgan fingerprint density at radius 3 is 2.38 bits per heavy atom. The third kappa shape index (κ3) is 1.18. The standard InChI is InChI=1S/C15H14O/c1-9-5-4-6-12-13-7-10(2)11(3)8-14(13)16-15(9)12/h4-8H,1-3H3. The maximum atomic E-state index is 5.92. The van der Waals surface area contributed by atoms with Crippen LogP contribution in [0.4, 0.5) is 0 Å². The van der Waals surface area contributed by atoms with Crippen LogP contribution in [0.3, 0.4) is 0 Å². The summed E-state index contributed by atoms with van der Waals surface area (Å²) in [5, 5.41) is 2.44. The van der Waals surface area contributed by atoms with Gasteiger partial charge < -0.3 is 4.42 Å². The summed E-state index contributed by atoms with van der Waals surface area (Å²) in [5.74, 6) is 0. The zero-order valence-electron chi connectivity index (χ0n) is 9.79. The van der Waals surface area contributed by atoms with Crippen molar-refractivity contribution in [3.8, 4) is 0 Å². The van der Waals surface area contributed by atoms with Gasteiger partial charge in [0.15, 0.2) is 0 Å². The molecule has 0 atom stereocenters. The van der Waals surface area contributed by atoms with E-state index in [1.807, 2.05) is 0 Å². The van der Waals surface area contributed by atoms with E-state index in [2.05, 4.69) is 51.1 Å². The van der Waals surface area contributed by atoms with Crippen LogP contribution in [0.1, 0.15) is 16.7 Å². The molecule has 3 rings (SSSR count). The van der Waals surface area contributed by atoms with Crippen molar-refractivity contribution in [2.45, 2.75) is 20.8 Å². The van der Waals surface area contributed by atoms with Gasteiger partial charge in [-0.05, 0) is 49.6 Å². The molecule has 80 valence electrons. The number of para-hydroxylation sites is 1. The van der Waals surface area contributed by atoms with Crippen molar-refractivity contribution in [3.63, 3.8) is 0 Å². The number of aryl methyl sites for hydroxylation is 3. The van der Waals surface area contributed by atoms with Crippen LogP contribution in [0.15, 0.2) is 34.7 Å². The molecule has 3 aromatic rings. The van der Waals surface area contributed by atoms with Crippen LogP contribution in [-0.4, -0.2) is 0 Å². The van der Waals surface area contributed by atoms with Gasteiger partial charge in [-0.15, -0.1) is 0 Å². The monoisotopic (exact) mass is 210 g/mol. The lowest BCUT2D eigenvalue weighted by atomic mass is 10.0. The second-order valence-electron chi connectivity index (χ2n) is 4.49. The number of rotatable bonds is 0. The van der Waals surface area contributed by atoms with E-state index in [1.54, 1.807) is 0 Å². The summed E-state index contributed by atoms with van der Waals surface area (Å²) < 4.78 is 5.92. The molecule has 0 unspecified atom stereocenters. The lowest BCUT2D eigenvalue weighted by Gasteiger charge is -1.98. The summed E-state index contributed by atoms with van der Waals surface area (Å²) in [5.41, 5.74) is 5.81. The van der Waals surface area contributed by atoms with Crippen LogP contribution in [0, 0.1) is 20.8 Å². The molecule has 0 N–H and O–H groups in total. The van der Waals surface area contributed by atoms with Gasteiger partial charge in [0.05, 0.1) is 0 Å². The molecule has 0 saturated carbocycles. The molecule has 1 heteroatoms. The molecule has 1 nitrogen and oxygen atoms in total. The van der Waals surface area contributed by atoms with Crippen molar-refractivity contribution in [1.82, 2.24) is 0 Å². The van der Waals surface area contributed by atoms with Gasteiger partial charge in [-0.25, -0.2) is 0 Å². The molecule has 1 heterocycles. The highest BCUT2D eigenvalue weighted by atomic mass is 16.3. The van der Waals surface area contributed by atoms with E-state index >= 15 is 0 Å². The van der Waals surface area contributed by atoms with E-state index in [9.17, 15) is 0 Å². The maximum absolute atomic E-state index is 5.92. The first kappa shape index (κ1) is 9.46. The lowest BCUT2D eigenvalue weighted by molar-refractivity contribution is 0.665. The summed E-state index contributed by atoms with van der Waals surface area (Å²) in [4.78, 5) is 0. The molecule has 16 heavy (non-hydrogen) atoms. The van der Waals surface area contributed by atoms with Gasteiger partial charge in [0.25, 0.3) is 0 Å². The van der Waals surface area contributed by atoms with Crippen molar-refractivity contribution in [2.75, 3.05) is 0 Å². The molecule has 1 aromatic heterocycles. The molecule has 0 saturated heterocycles. The fraction of sp³-hybridized carbons (Fsp3) is 0.200. The maximum Gasteiger partial charge on any atom is 0.138 e. The predicted octanol–water partition coefficient (Wildman–Crippen LogP) is 4.51. The highest BCUT2D eigenvalue weighted by Gasteiger charge is 2.09. The lowest BCUT2D eigenvalue weighted by Crippen LogP contribution is -1.78. The highest BCUT2D eigenvalue weighted by molar-refractivity contribution is 6.06. The number of fused-ring (bicyclic) bond motifs is 3. The highest BCUT2D eigenvalue weighted by Crippen LogP contribution is 2.32. The summed E-state index contributed by atoms with van der Waals surface area (Å²) in [6, 6.07) is 10.6. The van der Waals surface area contributed by atoms with Gasteiger partial charge in [0.2, 0.25) is 0 Å². The Balaban J connectivity index is 2.56. The molecule has 0 bridgehead atoms. The van der Waals surface area contributed by atoms with Crippen LogP contribution in [0.25, 0.3) is 21.9 Å². The van der Waals surface area contributed by atoms with Crippen molar-refractivity contribution in [2.24, 2.45) is 0 Å². The first-order chi connectivity index (χ1) is 7.66. The van der Waals surface area contributed by atoms with Crippen LogP contribution in [-0.2, 0) is 0 Å². The zero-order valence-corrected chi connectivity index (χ0v) is 9.79. The van der Waals surface area contributed by atoms with Gasteiger partial charge in [-0.1, -0.05) is 18.2 Å². The van der Waals surface area contributed by atoms with Crippen molar-refractivity contribution in [3.05, 3.63) is 47.0 Å². The summed E-state index contributed by atoms with van der Waals surface area (Å²) >= 11 is 0. The largest absolute Gasteiger partial charge is 0.456 e. The summed E-state index contributed by atoms with van der Waals surface area (Å²) in [7, 11) is 0. The first-order valence-corrected chi connectivity index (χ1v) is 5.56. The Labute approximate surface area is 94.7 Å². The Bertz CT molecular complexity index is 689. The van der Waals surface area contributed by atoms with E-state index in [0.29, 0.717) is 0 Å². The summed E-state index contributed by atoms with van der Waals surface area (Å²) in [6.07, 6.45) is 0. The number of hydrogen-bond acceptors (Lipinski definition) is 1. The average Bonchev–Trinajstić information content (AvgIpc) is 2.59. The molecule has 2 aromatic carbocycles. The molecule has 0 aliphatic carbocycles. The van der Waals surface area contributed by atoms with E-state index in [0.717, 1.165) is 11.2 Å². The second-order valence-corrected chi connectivity index (χ2v) is 4.49.